The average Bonchev–Trinajstić information content (AvgIpc) is 3.25. The van der Waals surface area contributed by atoms with Gasteiger partial charge in [-0.05, 0) is 11.1 Å². The maximum Gasteiger partial charge on any atom is 0.237 e. The van der Waals surface area contributed by atoms with Crippen molar-refractivity contribution < 1.29 is 4.79 Å². The van der Waals surface area contributed by atoms with Gasteiger partial charge in [0.25, 0.3) is 0 Å². The molecule has 1 N–H and O–H groups in total. The van der Waals surface area contributed by atoms with Crippen LogP contribution in [0.25, 0.3) is 5.82 Å². The molecule has 0 bridgehead atoms. The second kappa shape index (κ2) is 7.57. The zero-order valence-corrected chi connectivity index (χ0v) is 14.3. The van der Waals surface area contributed by atoms with E-state index in [2.05, 4.69) is 25.4 Å². The Morgan fingerprint density at radius 3 is 2.15 bits per heavy atom. The minimum Gasteiger partial charge on any atom is -0.310 e. The van der Waals surface area contributed by atoms with Crippen LogP contribution in [-0.2, 0) is 4.79 Å². The maximum absolute atomic E-state index is 13.1. The molecule has 4 rings (SSSR count). The van der Waals surface area contributed by atoms with E-state index in [0.717, 1.165) is 11.1 Å². The predicted molar refractivity (Wildman–Crippen MR) is 100 cm³/mol. The minimum atomic E-state index is -0.447. The SMILES string of the molecule is O=C(Nc1cc(-n2cncn2)ncn1)C(c1ccccc1)c1ccccc1. The number of benzene rings is 2. The third kappa shape index (κ3) is 3.72. The number of anilines is 1. The van der Waals surface area contributed by atoms with Gasteiger partial charge < -0.3 is 5.32 Å². The highest BCUT2D eigenvalue weighted by molar-refractivity contribution is 5.97. The maximum atomic E-state index is 13.1. The number of hydrogen-bond donors (Lipinski definition) is 1. The largest absolute Gasteiger partial charge is 0.310 e. The molecule has 0 fully saturated rings. The number of amides is 1. The second-order valence-corrected chi connectivity index (χ2v) is 5.85. The molecule has 4 aromatic rings. The van der Waals surface area contributed by atoms with E-state index in [-0.39, 0.29) is 5.91 Å². The molecule has 0 aliphatic carbocycles. The highest BCUT2D eigenvalue weighted by atomic mass is 16.1. The first-order valence-electron chi connectivity index (χ1n) is 8.39. The molecule has 27 heavy (non-hydrogen) atoms. The lowest BCUT2D eigenvalue weighted by Gasteiger charge is -2.17. The summed E-state index contributed by atoms with van der Waals surface area (Å²) in [5.41, 5.74) is 1.82. The molecule has 0 spiro atoms. The summed E-state index contributed by atoms with van der Waals surface area (Å²) in [5.74, 6) is 0.305. The van der Waals surface area contributed by atoms with Crippen LogP contribution in [0.15, 0.2) is 85.7 Å². The lowest BCUT2D eigenvalue weighted by atomic mass is 9.90. The van der Waals surface area contributed by atoms with Crippen LogP contribution in [-0.4, -0.2) is 30.6 Å². The number of carbonyl (C=O) groups excluding carboxylic acids is 1. The highest BCUT2D eigenvalue weighted by Gasteiger charge is 2.23. The van der Waals surface area contributed by atoms with Crippen LogP contribution >= 0.6 is 0 Å². The van der Waals surface area contributed by atoms with E-state index < -0.39 is 5.92 Å². The van der Waals surface area contributed by atoms with E-state index in [1.54, 1.807) is 6.07 Å². The lowest BCUT2D eigenvalue weighted by Crippen LogP contribution is -2.23. The third-order valence-electron chi connectivity index (χ3n) is 4.09. The molecule has 7 nitrogen and oxygen atoms in total. The molecule has 1 amide bonds. The summed E-state index contributed by atoms with van der Waals surface area (Å²) >= 11 is 0. The summed E-state index contributed by atoms with van der Waals surface area (Å²) in [7, 11) is 0. The quantitative estimate of drug-likeness (QED) is 0.594. The van der Waals surface area contributed by atoms with E-state index >= 15 is 0 Å². The molecule has 2 heterocycles. The zero-order valence-electron chi connectivity index (χ0n) is 14.3. The number of hydrogen-bond acceptors (Lipinski definition) is 5. The van der Waals surface area contributed by atoms with E-state index in [1.807, 2.05) is 60.7 Å². The molecule has 0 saturated carbocycles. The number of aromatic nitrogens is 5. The van der Waals surface area contributed by atoms with Crippen molar-refractivity contribution in [3.63, 3.8) is 0 Å². The van der Waals surface area contributed by atoms with E-state index in [9.17, 15) is 4.79 Å². The third-order valence-corrected chi connectivity index (χ3v) is 4.09. The fourth-order valence-corrected chi connectivity index (χ4v) is 2.85. The van der Waals surface area contributed by atoms with Crippen LogP contribution < -0.4 is 5.32 Å². The van der Waals surface area contributed by atoms with Crippen LogP contribution in [0.4, 0.5) is 5.82 Å². The topological polar surface area (TPSA) is 85.6 Å². The monoisotopic (exact) mass is 356 g/mol. The van der Waals surface area contributed by atoms with E-state index in [4.69, 9.17) is 0 Å². The van der Waals surface area contributed by atoms with Crippen LogP contribution in [0.5, 0.6) is 0 Å². The molecular weight excluding hydrogens is 340 g/mol. The first kappa shape index (κ1) is 16.6. The molecule has 0 atom stereocenters. The molecule has 0 aliphatic rings. The van der Waals surface area contributed by atoms with E-state index in [0.29, 0.717) is 11.6 Å². The molecule has 2 aromatic heterocycles. The first-order chi connectivity index (χ1) is 13.3. The van der Waals surface area contributed by atoms with Gasteiger partial charge in [-0.1, -0.05) is 60.7 Å². The first-order valence-corrected chi connectivity index (χ1v) is 8.39. The van der Waals surface area contributed by atoms with Crippen molar-refractivity contribution in [1.29, 1.82) is 0 Å². The number of nitrogens with zero attached hydrogens (tertiary/aromatic N) is 5. The van der Waals surface area contributed by atoms with Gasteiger partial charge in [0.05, 0.1) is 5.92 Å². The Kier molecular flexibility index (Phi) is 4.65. The Balaban J connectivity index is 1.64. The van der Waals surface area contributed by atoms with Crippen molar-refractivity contribution in [3.05, 3.63) is 96.8 Å². The molecule has 0 saturated heterocycles. The van der Waals surface area contributed by atoms with Crippen molar-refractivity contribution >= 4 is 11.7 Å². The Hall–Kier alpha value is -3.87. The lowest BCUT2D eigenvalue weighted by molar-refractivity contribution is -0.116. The van der Waals surface area contributed by atoms with Crippen molar-refractivity contribution in [1.82, 2.24) is 24.7 Å². The van der Waals surface area contributed by atoms with Crippen molar-refractivity contribution in [2.45, 2.75) is 5.92 Å². The van der Waals surface area contributed by atoms with Crippen molar-refractivity contribution in [3.8, 4) is 5.82 Å². The predicted octanol–water partition coefficient (Wildman–Crippen LogP) is 2.83. The van der Waals surface area contributed by atoms with E-state index in [1.165, 1.54) is 23.7 Å². The molecule has 2 aromatic carbocycles. The van der Waals surface area contributed by atoms with Crippen LogP contribution in [0, 0.1) is 0 Å². The van der Waals surface area contributed by atoms with Gasteiger partial charge >= 0.3 is 0 Å². The zero-order chi connectivity index (χ0) is 18.5. The van der Waals surface area contributed by atoms with Crippen molar-refractivity contribution in [2.24, 2.45) is 0 Å². The Morgan fingerprint density at radius 2 is 1.56 bits per heavy atom. The van der Waals surface area contributed by atoms with Crippen LogP contribution in [0.3, 0.4) is 0 Å². The smallest absolute Gasteiger partial charge is 0.237 e. The minimum absolute atomic E-state index is 0.171. The molecule has 0 radical (unpaired) electrons. The van der Waals surface area contributed by atoms with Gasteiger partial charge in [0, 0.05) is 6.07 Å². The normalized spacial score (nSPS) is 10.7. The summed E-state index contributed by atoms with van der Waals surface area (Å²) < 4.78 is 1.50. The van der Waals surface area contributed by atoms with Crippen LogP contribution in [0.2, 0.25) is 0 Å². The van der Waals surface area contributed by atoms with Gasteiger partial charge in [0.2, 0.25) is 5.91 Å². The Bertz CT molecular complexity index is 979. The summed E-state index contributed by atoms with van der Waals surface area (Å²) in [4.78, 5) is 25.3. The molecule has 0 unspecified atom stereocenters. The number of rotatable bonds is 5. The fraction of sp³-hybridized carbons (Fsp3) is 0.0500. The van der Waals surface area contributed by atoms with Crippen LogP contribution in [0.1, 0.15) is 17.0 Å². The standard InChI is InChI=1S/C20H16N6O/c27-20(25-17-11-18(23-13-22-17)26-14-21-12-24-26)19(15-7-3-1-4-8-15)16-9-5-2-6-10-16/h1-14,19H,(H,22,23,25,27). The Labute approximate surface area is 155 Å². The number of nitrogens with one attached hydrogen (secondary N) is 1. The average molecular weight is 356 g/mol. The highest BCUT2D eigenvalue weighted by Crippen LogP contribution is 2.26. The van der Waals surface area contributed by atoms with Gasteiger partial charge in [0.15, 0.2) is 5.82 Å². The molecular formula is C20H16N6O. The molecule has 7 heteroatoms. The van der Waals surface area contributed by atoms with Gasteiger partial charge in [-0.15, -0.1) is 0 Å². The van der Waals surface area contributed by atoms with Gasteiger partial charge in [-0.3, -0.25) is 4.79 Å². The van der Waals surface area contributed by atoms with Gasteiger partial charge in [-0.2, -0.15) is 5.10 Å². The van der Waals surface area contributed by atoms with Gasteiger partial charge in [-0.25, -0.2) is 19.6 Å². The number of carbonyl (C=O) groups is 1. The molecule has 0 aliphatic heterocycles. The molecule has 132 valence electrons. The fourth-order valence-electron chi connectivity index (χ4n) is 2.85. The summed E-state index contributed by atoms with van der Waals surface area (Å²) in [6, 6.07) is 21.0. The van der Waals surface area contributed by atoms with Crippen molar-refractivity contribution in [2.75, 3.05) is 5.32 Å². The summed E-state index contributed by atoms with van der Waals surface area (Å²) in [6.45, 7) is 0. The second-order valence-electron chi connectivity index (χ2n) is 5.85. The van der Waals surface area contributed by atoms with Gasteiger partial charge in [0.1, 0.15) is 24.8 Å². The summed E-state index contributed by atoms with van der Waals surface area (Å²) in [6.07, 6.45) is 4.33. The summed E-state index contributed by atoms with van der Waals surface area (Å²) in [5, 5.41) is 6.93. The Morgan fingerprint density at radius 1 is 0.889 bits per heavy atom.